The molecule has 3 rings (SSSR count). The van der Waals surface area contributed by atoms with Crippen molar-refractivity contribution in [2.45, 2.75) is 26.4 Å². The van der Waals surface area contributed by atoms with Gasteiger partial charge in [0, 0.05) is 4.47 Å². The van der Waals surface area contributed by atoms with E-state index in [1.807, 2.05) is 61.5 Å². The van der Waals surface area contributed by atoms with Crippen LogP contribution in [0.3, 0.4) is 0 Å². The molecule has 1 N–H and O–H groups in total. The molecule has 1 amide bonds. The summed E-state index contributed by atoms with van der Waals surface area (Å²) in [5, 5.41) is 7.32. The molecule has 3 aromatic rings. The molecule has 156 valence electrons. The van der Waals surface area contributed by atoms with E-state index in [4.69, 9.17) is 16.3 Å². The van der Waals surface area contributed by atoms with E-state index in [0.29, 0.717) is 12.2 Å². The molecule has 0 saturated carbocycles. The number of ether oxygens (including phenoxy) is 1. The van der Waals surface area contributed by atoms with Crippen LogP contribution in [0.5, 0.6) is 0 Å². The number of hydrogen-bond acceptors (Lipinski definition) is 4. The standard InChI is InChI=1S/C22H21BrClN3O3/c1-14(17-8-10-18(23)11-9-17)25-19(28)13-30-22(29)20-15(2)26-27(21(20)24)12-16-6-4-3-5-7-16/h3-11,14H,12-13H2,1-2H3,(H,25,28). The zero-order valence-corrected chi connectivity index (χ0v) is 18.9. The van der Waals surface area contributed by atoms with Gasteiger partial charge in [0.05, 0.1) is 18.3 Å². The third-order valence-corrected chi connectivity index (χ3v) is 5.44. The SMILES string of the molecule is Cc1nn(Cc2ccccc2)c(Cl)c1C(=O)OCC(=O)NC(C)c1ccc(Br)cc1. The number of halogens is 2. The minimum atomic E-state index is -0.678. The highest BCUT2D eigenvalue weighted by molar-refractivity contribution is 9.10. The first-order chi connectivity index (χ1) is 14.3. The Balaban J connectivity index is 1.59. The van der Waals surface area contributed by atoms with Gasteiger partial charge in [-0.2, -0.15) is 5.10 Å². The van der Waals surface area contributed by atoms with E-state index >= 15 is 0 Å². The average molecular weight is 491 g/mol. The number of hydrogen-bond donors (Lipinski definition) is 1. The number of aromatic nitrogens is 2. The molecule has 0 aliphatic carbocycles. The van der Waals surface area contributed by atoms with Crippen LogP contribution in [-0.4, -0.2) is 28.3 Å². The lowest BCUT2D eigenvalue weighted by Crippen LogP contribution is -2.31. The van der Waals surface area contributed by atoms with Crippen molar-refractivity contribution in [3.8, 4) is 0 Å². The minimum absolute atomic E-state index is 0.168. The van der Waals surface area contributed by atoms with Crippen molar-refractivity contribution in [2.75, 3.05) is 6.61 Å². The van der Waals surface area contributed by atoms with E-state index in [-0.39, 0.29) is 16.8 Å². The molecule has 2 aromatic carbocycles. The molecule has 1 unspecified atom stereocenters. The third-order valence-electron chi connectivity index (χ3n) is 4.53. The van der Waals surface area contributed by atoms with Crippen LogP contribution in [0.4, 0.5) is 0 Å². The molecule has 6 nitrogen and oxygen atoms in total. The van der Waals surface area contributed by atoms with Crippen molar-refractivity contribution in [2.24, 2.45) is 0 Å². The summed E-state index contributed by atoms with van der Waals surface area (Å²) >= 11 is 9.74. The van der Waals surface area contributed by atoms with E-state index < -0.39 is 18.5 Å². The lowest BCUT2D eigenvalue weighted by Gasteiger charge is -2.14. The van der Waals surface area contributed by atoms with E-state index in [0.717, 1.165) is 15.6 Å². The quantitative estimate of drug-likeness (QED) is 0.488. The fourth-order valence-corrected chi connectivity index (χ4v) is 3.54. The molecule has 0 fully saturated rings. The average Bonchev–Trinajstić information content (AvgIpc) is 3.00. The van der Waals surface area contributed by atoms with Gasteiger partial charge < -0.3 is 10.1 Å². The van der Waals surface area contributed by atoms with Crippen molar-refractivity contribution >= 4 is 39.4 Å². The Labute approximate surface area is 188 Å². The normalized spacial score (nSPS) is 11.7. The third kappa shape index (κ3) is 5.49. The largest absolute Gasteiger partial charge is 0.452 e. The minimum Gasteiger partial charge on any atom is -0.452 e. The van der Waals surface area contributed by atoms with Gasteiger partial charge >= 0.3 is 5.97 Å². The van der Waals surface area contributed by atoms with E-state index in [2.05, 4.69) is 26.3 Å². The van der Waals surface area contributed by atoms with Crippen molar-refractivity contribution in [1.82, 2.24) is 15.1 Å². The monoisotopic (exact) mass is 489 g/mol. The summed E-state index contributed by atoms with van der Waals surface area (Å²) in [6.07, 6.45) is 0. The van der Waals surface area contributed by atoms with Crippen LogP contribution >= 0.6 is 27.5 Å². The summed E-state index contributed by atoms with van der Waals surface area (Å²) in [6.45, 7) is 3.57. The Morgan fingerprint density at radius 2 is 1.83 bits per heavy atom. The molecule has 0 spiro atoms. The van der Waals surface area contributed by atoms with Crippen LogP contribution in [-0.2, 0) is 16.1 Å². The topological polar surface area (TPSA) is 73.2 Å². The smallest absolute Gasteiger partial charge is 0.343 e. The fraction of sp³-hybridized carbons (Fsp3) is 0.227. The molecule has 0 radical (unpaired) electrons. The van der Waals surface area contributed by atoms with Crippen LogP contribution < -0.4 is 5.32 Å². The molecule has 1 aromatic heterocycles. The Morgan fingerprint density at radius 1 is 1.17 bits per heavy atom. The number of benzene rings is 2. The second kappa shape index (κ2) is 9.91. The number of carbonyl (C=O) groups is 2. The summed E-state index contributed by atoms with van der Waals surface area (Å²) in [6, 6.07) is 17.0. The van der Waals surface area contributed by atoms with Gasteiger partial charge in [-0.3, -0.25) is 4.79 Å². The first kappa shape index (κ1) is 22.1. The molecule has 0 aliphatic rings. The summed E-state index contributed by atoms with van der Waals surface area (Å²) < 4.78 is 7.67. The summed E-state index contributed by atoms with van der Waals surface area (Å²) in [5.74, 6) is -1.08. The predicted molar refractivity (Wildman–Crippen MR) is 119 cm³/mol. The Kier molecular flexibility index (Phi) is 7.29. The van der Waals surface area contributed by atoms with Gasteiger partial charge in [-0.1, -0.05) is 70.0 Å². The molecular weight excluding hydrogens is 470 g/mol. The fourth-order valence-electron chi connectivity index (χ4n) is 2.97. The van der Waals surface area contributed by atoms with Crippen LogP contribution in [0.1, 0.15) is 40.1 Å². The van der Waals surface area contributed by atoms with E-state index in [9.17, 15) is 9.59 Å². The number of nitrogens with zero attached hydrogens (tertiary/aromatic N) is 2. The highest BCUT2D eigenvalue weighted by Crippen LogP contribution is 2.22. The highest BCUT2D eigenvalue weighted by Gasteiger charge is 2.23. The van der Waals surface area contributed by atoms with Crippen molar-refractivity contribution < 1.29 is 14.3 Å². The van der Waals surface area contributed by atoms with Gasteiger partial charge in [0.1, 0.15) is 10.7 Å². The highest BCUT2D eigenvalue weighted by atomic mass is 79.9. The number of esters is 1. The number of nitrogens with one attached hydrogen (secondary N) is 1. The van der Waals surface area contributed by atoms with Crippen molar-refractivity contribution in [1.29, 1.82) is 0 Å². The summed E-state index contributed by atoms with van der Waals surface area (Å²) in [7, 11) is 0. The van der Waals surface area contributed by atoms with Crippen LogP contribution in [0.2, 0.25) is 5.15 Å². The first-order valence-corrected chi connectivity index (χ1v) is 10.5. The Morgan fingerprint density at radius 3 is 2.50 bits per heavy atom. The van der Waals surface area contributed by atoms with Crippen molar-refractivity contribution in [3.05, 3.63) is 86.6 Å². The number of carbonyl (C=O) groups excluding carboxylic acids is 2. The maximum absolute atomic E-state index is 12.5. The number of aryl methyl sites for hydroxylation is 1. The summed E-state index contributed by atoms with van der Waals surface area (Å²) in [5.41, 5.74) is 2.56. The van der Waals surface area contributed by atoms with E-state index in [1.54, 1.807) is 11.6 Å². The van der Waals surface area contributed by atoms with E-state index in [1.165, 1.54) is 0 Å². The zero-order valence-electron chi connectivity index (χ0n) is 16.6. The Bertz CT molecular complexity index is 1040. The lowest BCUT2D eigenvalue weighted by atomic mass is 10.1. The first-order valence-electron chi connectivity index (χ1n) is 9.34. The maximum atomic E-state index is 12.5. The Hall–Kier alpha value is -2.64. The maximum Gasteiger partial charge on any atom is 0.343 e. The van der Waals surface area contributed by atoms with Gasteiger partial charge in [0.2, 0.25) is 0 Å². The van der Waals surface area contributed by atoms with Crippen LogP contribution in [0.15, 0.2) is 59.1 Å². The van der Waals surface area contributed by atoms with Gasteiger partial charge in [-0.05, 0) is 37.1 Å². The number of amides is 1. The molecular formula is C22H21BrClN3O3. The predicted octanol–water partition coefficient (Wildman–Crippen LogP) is 4.69. The van der Waals surface area contributed by atoms with Gasteiger partial charge in [0.15, 0.2) is 6.61 Å². The van der Waals surface area contributed by atoms with Crippen molar-refractivity contribution in [3.63, 3.8) is 0 Å². The lowest BCUT2D eigenvalue weighted by molar-refractivity contribution is -0.124. The van der Waals surface area contributed by atoms with Gasteiger partial charge in [-0.15, -0.1) is 0 Å². The van der Waals surface area contributed by atoms with Crippen LogP contribution in [0, 0.1) is 6.92 Å². The second-order valence-corrected chi connectivity index (χ2v) is 8.09. The van der Waals surface area contributed by atoms with Crippen LogP contribution in [0.25, 0.3) is 0 Å². The zero-order chi connectivity index (χ0) is 21.7. The molecule has 0 bridgehead atoms. The molecule has 0 aliphatic heterocycles. The molecule has 1 atom stereocenters. The second-order valence-electron chi connectivity index (χ2n) is 6.81. The molecule has 1 heterocycles. The number of rotatable bonds is 7. The molecule has 0 saturated heterocycles. The molecule has 8 heteroatoms. The van der Waals surface area contributed by atoms with Gasteiger partial charge in [0.25, 0.3) is 5.91 Å². The molecule has 30 heavy (non-hydrogen) atoms. The van der Waals surface area contributed by atoms with Gasteiger partial charge in [-0.25, -0.2) is 9.48 Å². The summed E-state index contributed by atoms with van der Waals surface area (Å²) in [4.78, 5) is 24.7.